The molecule has 46 heavy (non-hydrogen) atoms. The normalized spacial score (nSPS) is 13.5. The van der Waals surface area contributed by atoms with Gasteiger partial charge in [-0.25, -0.2) is 17.6 Å². The molecule has 0 fully saturated rings. The van der Waals surface area contributed by atoms with Crippen molar-refractivity contribution in [2.24, 2.45) is 5.92 Å². The molecule has 0 radical (unpaired) electrons. The zero-order valence-corrected chi connectivity index (χ0v) is 29.5. The third-order valence-electron chi connectivity index (χ3n) is 8.67. The molecule has 0 unspecified atom stereocenters. The van der Waals surface area contributed by atoms with Crippen molar-refractivity contribution in [1.29, 1.82) is 0 Å². The Morgan fingerprint density at radius 1 is 0.935 bits per heavy atom. The number of phenolic OH excluding ortho intramolecular Hbond substituents is 1. The first-order chi connectivity index (χ1) is 21.7. The third kappa shape index (κ3) is 14.0. The second-order valence-electron chi connectivity index (χ2n) is 13.5. The molecule has 0 bridgehead atoms. The fourth-order valence-corrected chi connectivity index (χ4v) is 5.63. The van der Waals surface area contributed by atoms with E-state index in [-0.39, 0.29) is 18.2 Å². The van der Waals surface area contributed by atoms with Gasteiger partial charge >= 0.3 is 0 Å². The van der Waals surface area contributed by atoms with Crippen LogP contribution in [0.4, 0.5) is 17.6 Å². The van der Waals surface area contributed by atoms with Crippen LogP contribution in [-0.4, -0.2) is 48.5 Å². The van der Waals surface area contributed by atoms with E-state index in [2.05, 4.69) is 24.9 Å². The standard InChI is InChI=1S/C29H40FNO.C9H17F3.CH2O/c1-4-5-18-31(3)19-9-7-6-8-12-28-26(24-14-17-29(30)22(2)20-24)13-10-11-23-21-25(32)15-16-27(23)28;1-7(2)5-6-9(11,12)8(3,4)10;1-2/h14-17,20-21,32H,4-13,18-19H2,1-3H3;7H,5-6H2,1-4H3;1H2. The van der Waals surface area contributed by atoms with Gasteiger partial charge in [0.25, 0.3) is 5.92 Å². The van der Waals surface area contributed by atoms with Gasteiger partial charge in [0.1, 0.15) is 18.4 Å². The number of phenols is 1. The summed E-state index contributed by atoms with van der Waals surface area (Å²) in [6.07, 6.45) is 11.5. The monoisotopic (exact) mass is 649 g/mol. The second-order valence-corrected chi connectivity index (χ2v) is 13.5. The van der Waals surface area contributed by atoms with E-state index in [1.54, 1.807) is 6.07 Å². The van der Waals surface area contributed by atoms with E-state index in [0.717, 1.165) is 51.5 Å². The number of aromatic hydroxyl groups is 1. The third-order valence-corrected chi connectivity index (χ3v) is 8.67. The first-order valence-electron chi connectivity index (χ1n) is 17.0. The lowest BCUT2D eigenvalue weighted by Gasteiger charge is -2.27. The van der Waals surface area contributed by atoms with Gasteiger partial charge in [-0.05, 0) is 156 Å². The predicted octanol–water partition coefficient (Wildman–Crippen LogP) is 11.4. The lowest BCUT2D eigenvalue weighted by molar-refractivity contribution is -0.127. The Hall–Kier alpha value is -2.67. The maximum absolute atomic E-state index is 13.9. The number of hydrogen-bond acceptors (Lipinski definition) is 3. The first kappa shape index (κ1) is 41.4. The van der Waals surface area contributed by atoms with Crippen LogP contribution in [0.2, 0.25) is 0 Å². The van der Waals surface area contributed by atoms with Crippen molar-refractivity contribution in [3.05, 3.63) is 64.5 Å². The molecule has 0 aromatic heterocycles. The van der Waals surface area contributed by atoms with Gasteiger partial charge in [-0.3, -0.25) is 0 Å². The summed E-state index contributed by atoms with van der Waals surface area (Å²) in [6, 6.07) is 11.4. The van der Waals surface area contributed by atoms with E-state index in [1.807, 2.05) is 51.8 Å². The van der Waals surface area contributed by atoms with Crippen molar-refractivity contribution in [1.82, 2.24) is 4.90 Å². The van der Waals surface area contributed by atoms with Gasteiger partial charge in [-0.1, -0.05) is 52.2 Å². The van der Waals surface area contributed by atoms with Crippen molar-refractivity contribution in [3.8, 4) is 5.75 Å². The number of fused-ring (bicyclic) bond motifs is 1. The Morgan fingerprint density at radius 3 is 2.20 bits per heavy atom. The van der Waals surface area contributed by atoms with Crippen LogP contribution >= 0.6 is 0 Å². The Morgan fingerprint density at radius 2 is 1.59 bits per heavy atom. The minimum absolute atomic E-state index is 0.140. The van der Waals surface area contributed by atoms with Gasteiger partial charge in [0, 0.05) is 6.42 Å². The maximum Gasteiger partial charge on any atom is 0.280 e. The zero-order chi connectivity index (χ0) is 34.9. The number of benzene rings is 2. The Balaban J connectivity index is 0.000000638. The largest absolute Gasteiger partial charge is 0.508 e. The van der Waals surface area contributed by atoms with Gasteiger partial charge in [-0.15, -0.1) is 0 Å². The second kappa shape index (κ2) is 20.5. The highest BCUT2D eigenvalue weighted by atomic mass is 19.3. The van der Waals surface area contributed by atoms with Crippen LogP contribution in [0, 0.1) is 18.7 Å². The van der Waals surface area contributed by atoms with Crippen molar-refractivity contribution < 1.29 is 27.5 Å². The van der Waals surface area contributed by atoms with Crippen LogP contribution in [0.3, 0.4) is 0 Å². The average Bonchev–Trinajstić information content (AvgIpc) is 3.17. The predicted molar refractivity (Wildman–Crippen MR) is 186 cm³/mol. The molecule has 0 spiro atoms. The van der Waals surface area contributed by atoms with E-state index < -0.39 is 11.6 Å². The molecule has 1 N–H and O–H groups in total. The van der Waals surface area contributed by atoms with Gasteiger partial charge in [0.15, 0.2) is 5.67 Å². The molecular formula is C39H59F4NO2. The topological polar surface area (TPSA) is 40.5 Å². The number of nitrogens with zero attached hydrogens (tertiary/aromatic N) is 1. The summed E-state index contributed by atoms with van der Waals surface area (Å²) in [5, 5.41) is 10.0. The molecule has 0 saturated carbocycles. The smallest absolute Gasteiger partial charge is 0.280 e. The summed E-state index contributed by atoms with van der Waals surface area (Å²) < 4.78 is 52.6. The van der Waals surface area contributed by atoms with Gasteiger partial charge < -0.3 is 14.8 Å². The molecule has 2 aromatic carbocycles. The Bertz CT molecular complexity index is 1200. The molecule has 0 heterocycles. The van der Waals surface area contributed by atoms with E-state index in [9.17, 15) is 22.7 Å². The van der Waals surface area contributed by atoms with Crippen LogP contribution in [-0.2, 0) is 11.2 Å². The summed E-state index contributed by atoms with van der Waals surface area (Å²) in [5.41, 5.74) is 4.72. The Kier molecular flexibility index (Phi) is 18.5. The molecule has 0 aliphatic heterocycles. The summed E-state index contributed by atoms with van der Waals surface area (Å²) in [7, 11) is 2.23. The average molecular weight is 650 g/mol. The molecule has 1 aliphatic carbocycles. The highest BCUT2D eigenvalue weighted by molar-refractivity contribution is 5.92. The van der Waals surface area contributed by atoms with Gasteiger partial charge in [-0.2, -0.15) is 0 Å². The minimum Gasteiger partial charge on any atom is -0.508 e. The number of halogens is 4. The van der Waals surface area contributed by atoms with Crippen LogP contribution in [0.25, 0.3) is 11.1 Å². The number of carbonyl (C=O) groups is 1. The molecular weight excluding hydrogens is 590 g/mol. The van der Waals surface area contributed by atoms with Gasteiger partial charge in [0.05, 0.1) is 0 Å². The minimum atomic E-state index is -3.20. The van der Waals surface area contributed by atoms with E-state index >= 15 is 0 Å². The molecule has 0 amide bonds. The molecule has 3 nitrogen and oxygen atoms in total. The van der Waals surface area contributed by atoms with Crippen LogP contribution in [0.5, 0.6) is 5.75 Å². The van der Waals surface area contributed by atoms with Crippen molar-refractivity contribution in [2.45, 2.75) is 130 Å². The molecule has 0 saturated heterocycles. The molecule has 260 valence electrons. The molecule has 7 heteroatoms. The highest BCUT2D eigenvalue weighted by Crippen LogP contribution is 2.40. The summed E-state index contributed by atoms with van der Waals surface area (Å²) in [4.78, 5) is 10.5. The lowest BCUT2D eigenvalue weighted by Crippen LogP contribution is -2.38. The number of allylic oxidation sites excluding steroid dienone is 2. The molecule has 3 rings (SSSR count). The van der Waals surface area contributed by atoms with Gasteiger partial charge in [0.2, 0.25) is 0 Å². The summed E-state index contributed by atoms with van der Waals surface area (Å²) in [5.74, 6) is -2.80. The number of carbonyl (C=O) groups excluding carboxylic acids is 1. The summed E-state index contributed by atoms with van der Waals surface area (Å²) in [6.45, 7) is 14.0. The summed E-state index contributed by atoms with van der Waals surface area (Å²) >= 11 is 0. The van der Waals surface area contributed by atoms with E-state index in [1.165, 1.54) is 67.5 Å². The number of alkyl halides is 3. The highest BCUT2D eigenvalue weighted by Gasteiger charge is 2.46. The maximum atomic E-state index is 13.9. The lowest BCUT2D eigenvalue weighted by atomic mass is 9.88. The van der Waals surface area contributed by atoms with Crippen LogP contribution in [0.15, 0.2) is 36.4 Å². The van der Waals surface area contributed by atoms with E-state index in [0.29, 0.717) is 17.7 Å². The number of aryl methyl sites for hydroxylation is 2. The zero-order valence-electron chi connectivity index (χ0n) is 29.5. The fraction of sp³-hybridized carbons (Fsp3) is 0.615. The molecule has 2 aromatic rings. The number of rotatable bonds is 15. The molecule has 0 atom stereocenters. The quantitative estimate of drug-likeness (QED) is 0.154. The number of hydrogen-bond donors (Lipinski definition) is 1. The van der Waals surface area contributed by atoms with Crippen molar-refractivity contribution in [2.75, 3.05) is 20.1 Å². The van der Waals surface area contributed by atoms with E-state index in [4.69, 9.17) is 4.79 Å². The van der Waals surface area contributed by atoms with Crippen molar-refractivity contribution >= 4 is 17.9 Å². The molecule has 1 aliphatic rings. The SMILES string of the molecule is C=O.CC(C)CCC(F)(F)C(C)(C)F.CCCCN(C)CCCCCCC1=C(c2ccc(F)c(C)c2)CCCc2cc(O)ccc21. The number of unbranched alkanes of at least 4 members (excludes halogenated alkanes) is 4. The Labute approximate surface area is 276 Å². The van der Waals surface area contributed by atoms with Crippen molar-refractivity contribution in [3.63, 3.8) is 0 Å². The van der Waals surface area contributed by atoms with Crippen LogP contribution in [0.1, 0.15) is 128 Å². The van der Waals surface area contributed by atoms with Crippen LogP contribution < -0.4 is 0 Å². The fourth-order valence-electron chi connectivity index (χ4n) is 5.63. The first-order valence-corrected chi connectivity index (χ1v) is 17.0.